The van der Waals surface area contributed by atoms with Gasteiger partial charge in [-0.05, 0) is 29.8 Å². The maximum absolute atomic E-state index is 13.5. The number of hydrogen-bond donors (Lipinski definition) is 1. The third-order valence-corrected chi connectivity index (χ3v) is 5.36. The Kier molecular flexibility index (Phi) is 6.44. The Morgan fingerprint density at radius 1 is 0.824 bits per heavy atom. The summed E-state index contributed by atoms with van der Waals surface area (Å²) in [5.74, 6) is 1.51. The van der Waals surface area contributed by atoms with Crippen LogP contribution in [-0.4, -0.2) is 45.2 Å². The van der Waals surface area contributed by atoms with Crippen LogP contribution in [0.1, 0.15) is 11.3 Å². The minimum Gasteiger partial charge on any atom is -0.497 e. The van der Waals surface area contributed by atoms with E-state index in [9.17, 15) is 9.59 Å². The second-order valence-electron chi connectivity index (χ2n) is 7.32. The monoisotopic (exact) mass is 464 g/mol. The lowest BCUT2D eigenvalue weighted by Crippen LogP contribution is -2.31. The van der Waals surface area contributed by atoms with Gasteiger partial charge in [-0.15, -0.1) is 0 Å². The van der Waals surface area contributed by atoms with Crippen molar-refractivity contribution in [3.63, 3.8) is 0 Å². The van der Waals surface area contributed by atoms with Crippen LogP contribution in [0, 0.1) is 0 Å². The summed E-state index contributed by atoms with van der Waals surface area (Å²) in [6.45, 7) is -0.00588. The molecule has 2 amide bonds. The highest BCUT2D eigenvalue weighted by Crippen LogP contribution is 2.37. The lowest BCUT2D eigenvalue weighted by atomic mass is 10.0. The van der Waals surface area contributed by atoms with Crippen LogP contribution in [0.3, 0.4) is 0 Å². The SMILES string of the molecule is COc1cc(NC2=C(c3ccc(OC)c(OC)c3)C(=O)N(Cc3ccco3)C2=O)cc(OC)c1. The molecule has 0 radical (unpaired) electrons. The Bertz CT molecular complexity index is 1230. The Balaban J connectivity index is 1.81. The van der Waals surface area contributed by atoms with E-state index in [4.69, 9.17) is 23.4 Å². The summed E-state index contributed by atoms with van der Waals surface area (Å²) < 4.78 is 26.7. The topological polar surface area (TPSA) is 99.5 Å². The molecule has 0 bridgehead atoms. The first kappa shape index (κ1) is 22.8. The van der Waals surface area contributed by atoms with Crippen LogP contribution in [0.15, 0.2) is 64.9 Å². The molecular formula is C25H24N2O7. The van der Waals surface area contributed by atoms with Gasteiger partial charge in [0.05, 0.1) is 46.8 Å². The number of amides is 2. The first-order valence-electron chi connectivity index (χ1n) is 10.3. The van der Waals surface area contributed by atoms with Gasteiger partial charge in [0, 0.05) is 23.9 Å². The van der Waals surface area contributed by atoms with Gasteiger partial charge in [0.2, 0.25) is 0 Å². The van der Waals surface area contributed by atoms with Gasteiger partial charge in [0.1, 0.15) is 23.0 Å². The molecule has 0 spiro atoms. The number of nitrogens with zero attached hydrogens (tertiary/aromatic N) is 1. The van der Waals surface area contributed by atoms with Gasteiger partial charge in [0.15, 0.2) is 11.5 Å². The summed E-state index contributed by atoms with van der Waals surface area (Å²) in [5.41, 5.74) is 1.32. The van der Waals surface area contributed by atoms with E-state index in [1.54, 1.807) is 48.5 Å². The van der Waals surface area contributed by atoms with E-state index in [1.165, 1.54) is 34.7 Å². The quantitative estimate of drug-likeness (QED) is 0.479. The van der Waals surface area contributed by atoms with Gasteiger partial charge in [-0.25, -0.2) is 0 Å². The zero-order chi connectivity index (χ0) is 24.2. The van der Waals surface area contributed by atoms with Crippen molar-refractivity contribution in [3.05, 3.63) is 71.8 Å². The highest BCUT2D eigenvalue weighted by atomic mass is 16.5. The molecule has 0 aliphatic carbocycles. The maximum atomic E-state index is 13.5. The normalized spacial score (nSPS) is 13.4. The molecule has 1 aliphatic heterocycles. The second-order valence-corrected chi connectivity index (χ2v) is 7.32. The van der Waals surface area contributed by atoms with Crippen molar-refractivity contribution < 1.29 is 33.0 Å². The number of benzene rings is 2. The predicted octanol–water partition coefficient (Wildman–Crippen LogP) is 3.71. The Hall–Kier alpha value is -4.40. The predicted molar refractivity (Wildman–Crippen MR) is 124 cm³/mol. The number of anilines is 1. The molecule has 9 heteroatoms. The summed E-state index contributed by atoms with van der Waals surface area (Å²) >= 11 is 0. The van der Waals surface area contributed by atoms with Crippen LogP contribution < -0.4 is 24.3 Å². The number of imide groups is 1. The number of carbonyl (C=O) groups is 2. The van der Waals surface area contributed by atoms with Crippen molar-refractivity contribution in [1.29, 1.82) is 0 Å². The van der Waals surface area contributed by atoms with Crippen molar-refractivity contribution >= 4 is 23.1 Å². The molecule has 2 aromatic carbocycles. The molecule has 0 unspecified atom stereocenters. The minimum atomic E-state index is -0.493. The third-order valence-electron chi connectivity index (χ3n) is 5.36. The van der Waals surface area contributed by atoms with E-state index in [0.717, 1.165) is 4.90 Å². The number of methoxy groups -OCH3 is 4. The van der Waals surface area contributed by atoms with Crippen molar-refractivity contribution in [2.24, 2.45) is 0 Å². The van der Waals surface area contributed by atoms with Gasteiger partial charge in [-0.3, -0.25) is 14.5 Å². The number of furan rings is 1. The molecule has 34 heavy (non-hydrogen) atoms. The molecule has 4 rings (SSSR count). The fourth-order valence-electron chi connectivity index (χ4n) is 3.68. The van der Waals surface area contributed by atoms with Crippen LogP contribution in [-0.2, 0) is 16.1 Å². The van der Waals surface area contributed by atoms with E-state index < -0.39 is 11.8 Å². The number of ether oxygens (including phenoxy) is 4. The molecule has 1 aliphatic rings. The van der Waals surface area contributed by atoms with Crippen LogP contribution in [0.4, 0.5) is 5.69 Å². The first-order chi connectivity index (χ1) is 16.5. The van der Waals surface area contributed by atoms with E-state index in [-0.39, 0.29) is 17.8 Å². The maximum Gasteiger partial charge on any atom is 0.278 e. The smallest absolute Gasteiger partial charge is 0.278 e. The van der Waals surface area contributed by atoms with Gasteiger partial charge >= 0.3 is 0 Å². The largest absolute Gasteiger partial charge is 0.497 e. The summed E-state index contributed by atoms with van der Waals surface area (Å²) in [7, 11) is 6.09. The minimum absolute atomic E-state index is 0.00588. The second kappa shape index (κ2) is 9.62. The van der Waals surface area contributed by atoms with E-state index in [2.05, 4.69) is 5.32 Å². The van der Waals surface area contributed by atoms with Crippen LogP contribution in [0.25, 0.3) is 5.57 Å². The number of carbonyl (C=O) groups excluding carboxylic acids is 2. The van der Waals surface area contributed by atoms with Crippen LogP contribution >= 0.6 is 0 Å². The molecule has 0 saturated carbocycles. The van der Waals surface area contributed by atoms with Gasteiger partial charge in [-0.2, -0.15) is 0 Å². The lowest BCUT2D eigenvalue weighted by molar-refractivity contribution is -0.137. The Morgan fingerprint density at radius 2 is 1.53 bits per heavy atom. The Morgan fingerprint density at radius 3 is 2.12 bits per heavy atom. The van der Waals surface area contributed by atoms with Crippen LogP contribution in [0.2, 0.25) is 0 Å². The first-order valence-corrected chi connectivity index (χ1v) is 10.3. The fraction of sp³-hybridized carbons (Fsp3) is 0.200. The highest BCUT2D eigenvalue weighted by Gasteiger charge is 2.40. The molecule has 1 N–H and O–H groups in total. The summed E-state index contributed by atoms with van der Waals surface area (Å²) in [4.78, 5) is 28.1. The molecule has 2 heterocycles. The molecule has 0 saturated heterocycles. The van der Waals surface area contributed by atoms with Crippen molar-refractivity contribution in [2.45, 2.75) is 6.54 Å². The number of nitrogens with one attached hydrogen (secondary N) is 1. The molecular weight excluding hydrogens is 440 g/mol. The molecule has 3 aromatic rings. The number of hydrogen-bond acceptors (Lipinski definition) is 8. The van der Waals surface area contributed by atoms with Gasteiger partial charge in [0.25, 0.3) is 11.8 Å². The van der Waals surface area contributed by atoms with Crippen molar-refractivity contribution in [2.75, 3.05) is 33.8 Å². The zero-order valence-electron chi connectivity index (χ0n) is 19.2. The summed E-state index contributed by atoms with van der Waals surface area (Å²) in [6, 6.07) is 13.6. The van der Waals surface area contributed by atoms with E-state index >= 15 is 0 Å². The van der Waals surface area contributed by atoms with E-state index in [1.807, 2.05) is 0 Å². The summed E-state index contributed by atoms with van der Waals surface area (Å²) in [6.07, 6.45) is 1.49. The van der Waals surface area contributed by atoms with E-state index in [0.29, 0.717) is 40.0 Å². The third kappa shape index (κ3) is 4.27. The number of rotatable bonds is 9. The van der Waals surface area contributed by atoms with Crippen LogP contribution in [0.5, 0.6) is 23.0 Å². The highest BCUT2D eigenvalue weighted by molar-refractivity contribution is 6.36. The molecule has 176 valence electrons. The van der Waals surface area contributed by atoms with Gasteiger partial charge in [-0.1, -0.05) is 6.07 Å². The molecule has 0 atom stereocenters. The fourth-order valence-corrected chi connectivity index (χ4v) is 3.68. The average molecular weight is 464 g/mol. The average Bonchev–Trinajstić information content (AvgIpc) is 3.46. The Labute approximate surface area is 196 Å². The zero-order valence-corrected chi connectivity index (χ0v) is 19.2. The molecule has 1 aromatic heterocycles. The molecule has 9 nitrogen and oxygen atoms in total. The van der Waals surface area contributed by atoms with Crippen molar-refractivity contribution in [1.82, 2.24) is 4.90 Å². The van der Waals surface area contributed by atoms with Crippen molar-refractivity contribution in [3.8, 4) is 23.0 Å². The van der Waals surface area contributed by atoms with Gasteiger partial charge < -0.3 is 28.7 Å². The summed E-state index contributed by atoms with van der Waals surface area (Å²) in [5, 5.41) is 3.10. The lowest BCUT2D eigenvalue weighted by Gasteiger charge is -2.14. The standard InChI is InChI=1S/C25H24N2O7/c1-30-18-11-16(12-19(13-18)31-2)26-23-22(15-7-8-20(32-3)21(10-15)33-4)24(28)27(25(23)29)14-17-6-5-9-34-17/h5-13,26H,14H2,1-4H3. The molecule has 0 fully saturated rings.